The van der Waals surface area contributed by atoms with Crippen molar-refractivity contribution in [2.24, 2.45) is 11.7 Å². The average Bonchev–Trinajstić information content (AvgIpc) is 2.04. The van der Waals surface area contributed by atoms with E-state index in [4.69, 9.17) is 5.73 Å². The van der Waals surface area contributed by atoms with E-state index in [9.17, 15) is 4.79 Å². The van der Waals surface area contributed by atoms with E-state index in [2.05, 4.69) is 0 Å². The zero-order valence-corrected chi connectivity index (χ0v) is 7.79. The summed E-state index contributed by atoms with van der Waals surface area (Å²) in [7, 11) is 0. The molecule has 68 valence electrons. The van der Waals surface area contributed by atoms with Crippen LogP contribution in [0.2, 0.25) is 0 Å². The molecule has 0 aliphatic carbocycles. The first-order valence-electron chi connectivity index (χ1n) is 4.29. The summed E-state index contributed by atoms with van der Waals surface area (Å²) in [5, 5.41) is 0. The van der Waals surface area contributed by atoms with Crippen LogP contribution in [0.5, 0.6) is 0 Å². The Bertz CT molecular complexity index is 182. The lowest BCUT2D eigenvalue weighted by atomic mass is 10.1. The molecular weight excluding hydrogens is 150 g/mol. The van der Waals surface area contributed by atoms with E-state index in [0.29, 0.717) is 0 Å². The molecule has 2 heteroatoms. The quantitative estimate of drug-likeness (QED) is 0.625. The van der Waals surface area contributed by atoms with Crippen LogP contribution in [0, 0.1) is 5.92 Å². The molecule has 0 fully saturated rings. The van der Waals surface area contributed by atoms with Gasteiger partial charge in [-0.25, -0.2) is 0 Å². The largest absolute Gasteiger partial charge is 0.369 e. The van der Waals surface area contributed by atoms with Gasteiger partial charge in [0.05, 0.1) is 5.92 Å². The highest BCUT2D eigenvalue weighted by Gasteiger charge is 2.06. The van der Waals surface area contributed by atoms with Gasteiger partial charge in [0.25, 0.3) is 0 Å². The molecular formula is C10H17NO. The molecule has 1 amide bonds. The van der Waals surface area contributed by atoms with Gasteiger partial charge in [-0.15, -0.1) is 0 Å². The number of rotatable bonds is 5. The Morgan fingerprint density at radius 2 is 2.17 bits per heavy atom. The Labute approximate surface area is 74.1 Å². The molecule has 2 N–H and O–H groups in total. The highest BCUT2D eigenvalue weighted by Crippen LogP contribution is 2.03. The van der Waals surface area contributed by atoms with Crippen LogP contribution in [0.25, 0.3) is 0 Å². The predicted octanol–water partition coefficient (Wildman–Crippen LogP) is 2.02. The monoisotopic (exact) mass is 167 g/mol. The van der Waals surface area contributed by atoms with Crippen molar-refractivity contribution in [3.8, 4) is 0 Å². The van der Waals surface area contributed by atoms with Gasteiger partial charge in [-0.1, -0.05) is 31.2 Å². The molecule has 0 aliphatic rings. The minimum atomic E-state index is -0.241. The van der Waals surface area contributed by atoms with Crippen LogP contribution in [0.1, 0.15) is 26.7 Å². The van der Waals surface area contributed by atoms with E-state index in [1.807, 2.05) is 38.2 Å². The Hall–Kier alpha value is -1.05. The number of carbonyl (C=O) groups excluding carboxylic acids is 1. The molecule has 0 saturated carbocycles. The molecule has 0 aromatic heterocycles. The molecule has 2 nitrogen and oxygen atoms in total. The van der Waals surface area contributed by atoms with Gasteiger partial charge in [0, 0.05) is 0 Å². The molecule has 0 spiro atoms. The van der Waals surface area contributed by atoms with Crippen LogP contribution < -0.4 is 5.73 Å². The normalized spacial score (nSPS) is 14.2. The SMILES string of the molecule is C/C=C/C/C=C/C(CC)C(N)=O. The summed E-state index contributed by atoms with van der Waals surface area (Å²) in [6.45, 7) is 3.93. The molecule has 1 atom stereocenters. The fourth-order valence-electron chi connectivity index (χ4n) is 0.890. The molecule has 0 radical (unpaired) electrons. The topological polar surface area (TPSA) is 43.1 Å². The van der Waals surface area contributed by atoms with Crippen LogP contribution in [0.15, 0.2) is 24.3 Å². The fourth-order valence-corrected chi connectivity index (χ4v) is 0.890. The third-order valence-electron chi connectivity index (χ3n) is 1.68. The predicted molar refractivity (Wildman–Crippen MR) is 51.5 cm³/mol. The van der Waals surface area contributed by atoms with E-state index in [0.717, 1.165) is 12.8 Å². The van der Waals surface area contributed by atoms with Gasteiger partial charge in [-0.2, -0.15) is 0 Å². The van der Waals surface area contributed by atoms with E-state index in [1.165, 1.54) is 0 Å². The molecule has 12 heavy (non-hydrogen) atoms. The zero-order valence-electron chi connectivity index (χ0n) is 7.79. The fraction of sp³-hybridized carbons (Fsp3) is 0.500. The second-order valence-electron chi connectivity index (χ2n) is 2.65. The Morgan fingerprint density at radius 1 is 1.50 bits per heavy atom. The first-order valence-corrected chi connectivity index (χ1v) is 4.29. The number of hydrogen-bond donors (Lipinski definition) is 1. The summed E-state index contributed by atoms with van der Waals surface area (Å²) in [5.41, 5.74) is 5.15. The van der Waals surface area contributed by atoms with Crippen molar-refractivity contribution in [1.29, 1.82) is 0 Å². The standard InChI is InChI=1S/C10H17NO/c1-3-5-6-7-8-9(4-2)10(11)12/h3,5,7-9H,4,6H2,1-2H3,(H2,11,12)/b5-3+,8-7+. The van der Waals surface area contributed by atoms with Crippen LogP contribution in [-0.4, -0.2) is 5.91 Å². The maximum Gasteiger partial charge on any atom is 0.224 e. The van der Waals surface area contributed by atoms with Crippen molar-refractivity contribution in [2.45, 2.75) is 26.7 Å². The smallest absolute Gasteiger partial charge is 0.224 e. The van der Waals surface area contributed by atoms with E-state index in [1.54, 1.807) is 0 Å². The molecule has 0 rings (SSSR count). The van der Waals surface area contributed by atoms with Gasteiger partial charge in [0.2, 0.25) is 5.91 Å². The minimum absolute atomic E-state index is 0.102. The van der Waals surface area contributed by atoms with Crippen LogP contribution in [-0.2, 0) is 4.79 Å². The summed E-state index contributed by atoms with van der Waals surface area (Å²) in [4.78, 5) is 10.7. The lowest BCUT2D eigenvalue weighted by molar-refractivity contribution is -0.120. The number of nitrogens with two attached hydrogens (primary N) is 1. The first kappa shape index (κ1) is 11.0. The molecule has 0 aromatic rings. The number of carbonyl (C=O) groups is 1. The van der Waals surface area contributed by atoms with E-state index >= 15 is 0 Å². The van der Waals surface area contributed by atoms with Gasteiger partial charge in [0.1, 0.15) is 0 Å². The average molecular weight is 167 g/mol. The maximum atomic E-state index is 10.7. The molecule has 0 heterocycles. The van der Waals surface area contributed by atoms with Gasteiger partial charge < -0.3 is 5.73 Å². The van der Waals surface area contributed by atoms with Crippen molar-refractivity contribution >= 4 is 5.91 Å². The lowest BCUT2D eigenvalue weighted by Gasteiger charge is -2.02. The van der Waals surface area contributed by atoms with Crippen molar-refractivity contribution in [3.05, 3.63) is 24.3 Å². The maximum absolute atomic E-state index is 10.7. The molecule has 0 saturated heterocycles. The van der Waals surface area contributed by atoms with Gasteiger partial charge in [-0.3, -0.25) is 4.79 Å². The lowest BCUT2D eigenvalue weighted by Crippen LogP contribution is -2.20. The molecule has 0 aromatic carbocycles. The van der Waals surface area contributed by atoms with Gasteiger partial charge in [-0.05, 0) is 19.8 Å². The number of hydrogen-bond acceptors (Lipinski definition) is 1. The Morgan fingerprint density at radius 3 is 2.58 bits per heavy atom. The summed E-state index contributed by atoms with van der Waals surface area (Å²) < 4.78 is 0. The third kappa shape index (κ3) is 4.72. The minimum Gasteiger partial charge on any atom is -0.369 e. The van der Waals surface area contributed by atoms with E-state index < -0.39 is 0 Å². The highest BCUT2D eigenvalue weighted by atomic mass is 16.1. The summed E-state index contributed by atoms with van der Waals surface area (Å²) in [6.07, 6.45) is 9.52. The molecule has 0 bridgehead atoms. The third-order valence-corrected chi connectivity index (χ3v) is 1.68. The van der Waals surface area contributed by atoms with Crippen molar-refractivity contribution in [2.75, 3.05) is 0 Å². The molecule has 1 unspecified atom stereocenters. The summed E-state index contributed by atoms with van der Waals surface area (Å²) in [5.74, 6) is -0.343. The van der Waals surface area contributed by atoms with Gasteiger partial charge in [0.15, 0.2) is 0 Å². The number of amides is 1. The van der Waals surface area contributed by atoms with Crippen molar-refractivity contribution < 1.29 is 4.79 Å². The Kier molecular flexibility index (Phi) is 6.07. The second-order valence-corrected chi connectivity index (χ2v) is 2.65. The summed E-state index contributed by atoms with van der Waals surface area (Å²) in [6, 6.07) is 0. The molecule has 0 aliphatic heterocycles. The van der Waals surface area contributed by atoms with Crippen LogP contribution >= 0.6 is 0 Å². The van der Waals surface area contributed by atoms with Gasteiger partial charge >= 0.3 is 0 Å². The highest BCUT2D eigenvalue weighted by molar-refractivity contribution is 5.78. The number of allylic oxidation sites excluding steroid dienone is 3. The van der Waals surface area contributed by atoms with Crippen LogP contribution in [0.4, 0.5) is 0 Å². The Balaban J connectivity index is 3.84. The van der Waals surface area contributed by atoms with Crippen molar-refractivity contribution in [1.82, 2.24) is 0 Å². The zero-order chi connectivity index (χ0) is 9.40. The first-order chi connectivity index (χ1) is 5.72. The number of primary amides is 1. The van der Waals surface area contributed by atoms with Crippen LogP contribution in [0.3, 0.4) is 0 Å². The summed E-state index contributed by atoms with van der Waals surface area (Å²) >= 11 is 0. The second kappa shape index (κ2) is 6.65. The van der Waals surface area contributed by atoms with Crippen molar-refractivity contribution in [3.63, 3.8) is 0 Å². The van der Waals surface area contributed by atoms with E-state index in [-0.39, 0.29) is 11.8 Å².